The number of nitrogens with zero attached hydrogens (tertiary/aromatic N) is 2. The Bertz CT molecular complexity index is 3390. The number of aromatic nitrogens is 1. The Hall–Kier alpha value is -6.52. The van der Waals surface area contributed by atoms with E-state index in [0.717, 1.165) is 28.4 Å². The number of fused-ring (bicyclic) bond motifs is 9. The maximum atomic E-state index is 4.10. The second-order valence-electron chi connectivity index (χ2n) is 22.2. The maximum absolute atomic E-state index is 4.10. The molecule has 0 fully saturated rings. The second kappa shape index (κ2) is 14.5. The second-order valence-corrected chi connectivity index (χ2v) is 22.2. The van der Waals surface area contributed by atoms with Crippen molar-refractivity contribution in [1.82, 2.24) is 4.57 Å². The highest BCUT2D eigenvalue weighted by Gasteiger charge is 2.40. The van der Waals surface area contributed by atoms with Gasteiger partial charge >= 0.3 is 0 Å². The molecule has 12 rings (SSSR count). The number of rotatable bonds is 6. The van der Waals surface area contributed by atoms with Gasteiger partial charge in [-0.25, -0.2) is 0 Å². The van der Waals surface area contributed by atoms with Crippen LogP contribution in [-0.2, 0) is 21.7 Å². The lowest BCUT2D eigenvalue weighted by Crippen LogP contribution is -2.41. The van der Waals surface area contributed by atoms with Gasteiger partial charge in [-0.1, -0.05) is 152 Å². The number of hydrogen-bond acceptors (Lipinski definition) is 2. The minimum Gasteiger partial charge on any atom is -0.355 e. The molecule has 0 amide bonds. The Morgan fingerprint density at radius 1 is 0.485 bits per heavy atom. The molecule has 4 heteroatoms. The van der Waals surface area contributed by atoms with E-state index in [1.54, 1.807) is 0 Å². The van der Waals surface area contributed by atoms with E-state index in [4.69, 9.17) is 0 Å². The Morgan fingerprint density at radius 3 is 1.68 bits per heavy atom. The topological polar surface area (TPSA) is 20.2 Å². The Balaban J connectivity index is 1.17. The van der Waals surface area contributed by atoms with Crippen molar-refractivity contribution in [2.24, 2.45) is 0 Å². The lowest BCUT2D eigenvalue weighted by Gasteiger charge is -2.43. The van der Waals surface area contributed by atoms with Crippen LogP contribution < -0.4 is 21.1 Å². The van der Waals surface area contributed by atoms with Crippen molar-refractivity contribution in [3.63, 3.8) is 0 Å². The first-order valence-electron chi connectivity index (χ1n) is 24.2. The third-order valence-electron chi connectivity index (χ3n) is 16.1. The molecule has 3 aliphatic rings. The molecule has 0 unspecified atom stereocenters. The smallest absolute Gasteiger partial charge is 0.197 e. The quantitative estimate of drug-likeness (QED) is 0.168. The van der Waals surface area contributed by atoms with Gasteiger partial charge in [-0.3, -0.25) is 0 Å². The van der Waals surface area contributed by atoms with E-state index >= 15 is 0 Å². The predicted molar refractivity (Wildman–Crippen MR) is 284 cm³/mol. The summed E-state index contributed by atoms with van der Waals surface area (Å²) >= 11 is 0. The first-order valence-corrected chi connectivity index (χ1v) is 24.2. The number of hydrogen-bond donors (Lipinski definition) is 1. The molecule has 1 aromatic heterocycles. The minimum absolute atomic E-state index is 0.0801. The van der Waals surface area contributed by atoms with E-state index in [2.05, 4.69) is 235 Å². The van der Waals surface area contributed by atoms with Crippen LogP contribution in [-0.4, -0.2) is 11.8 Å². The zero-order valence-electron chi connectivity index (χ0n) is 39.8. The van der Waals surface area contributed by atoms with Gasteiger partial charge in [-0.15, -0.1) is 0 Å². The third kappa shape index (κ3) is 6.24. The van der Waals surface area contributed by atoms with Crippen LogP contribution in [0.1, 0.15) is 103 Å². The molecule has 1 radical (unpaired) electrons. The standard InChI is InChI=1S/C62H59BN3/c1-59(2)31-32-60(3,4)48-35-39(27-29-47(48)59)64-52-30-28-42(65(40-19-11-9-12-20-40)41-21-13-10-14-22-41)36-46(52)55-43-23-15-16-24-44(43)56-45-25-17-18-26-53(45)66-54-38-50-49(37-51(54)63-57(55)58(56)66)61(5,6)33-34-62(50,7)8/h9-30,35-38,64H,31-34H2,1-8H3. The van der Waals surface area contributed by atoms with Crippen LogP contribution in [0.4, 0.5) is 28.4 Å². The average Bonchev–Trinajstić information content (AvgIpc) is 3.67. The van der Waals surface area contributed by atoms with Crippen LogP contribution in [0.15, 0.2) is 158 Å². The molecule has 66 heavy (non-hydrogen) atoms. The number of anilines is 5. The summed E-state index contributed by atoms with van der Waals surface area (Å²) in [7, 11) is 2.54. The zero-order chi connectivity index (χ0) is 45.3. The van der Waals surface area contributed by atoms with Crippen molar-refractivity contribution in [1.29, 1.82) is 0 Å². The van der Waals surface area contributed by atoms with Crippen LogP contribution in [0, 0.1) is 0 Å². The van der Waals surface area contributed by atoms with Crippen molar-refractivity contribution >= 4 is 79.2 Å². The first kappa shape index (κ1) is 41.0. The van der Waals surface area contributed by atoms with Crippen molar-refractivity contribution < 1.29 is 0 Å². The van der Waals surface area contributed by atoms with Crippen LogP contribution >= 0.6 is 0 Å². The van der Waals surface area contributed by atoms with Crippen LogP contribution in [0.25, 0.3) is 49.4 Å². The first-order chi connectivity index (χ1) is 31.7. The Kier molecular flexibility index (Phi) is 8.99. The summed E-state index contributed by atoms with van der Waals surface area (Å²) in [6, 6.07) is 59.3. The third-order valence-corrected chi connectivity index (χ3v) is 16.1. The lowest BCUT2D eigenvalue weighted by atomic mass is 9.55. The number of para-hydroxylation sites is 3. The summed E-state index contributed by atoms with van der Waals surface area (Å²) in [5, 5.41) is 9.23. The zero-order valence-corrected chi connectivity index (χ0v) is 39.8. The normalized spacial score (nSPS) is 17.2. The molecule has 2 aliphatic carbocycles. The minimum atomic E-state index is 0.0801. The monoisotopic (exact) mass is 856 g/mol. The predicted octanol–water partition coefficient (Wildman–Crippen LogP) is 15.5. The molecule has 9 aromatic rings. The summed E-state index contributed by atoms with van der Waals surface area (Å²) in [4.78, 5) is 2.40. The number of nitrogens with one attached hydrogen (secondary N) is 1. The van der Waals surface area contributed by atoms with Gasteiger partial charge in [0.2, 0.25) is 0 Å². The van der Waals surface area contributed by atoms with E-state index in [9.17, 15) is 0 Å². The molecular formula is C62H59BN3. The van der Waals surface area contributed by atoms with E-state index in [-0.39, 0.29) is 21.7 Å². The van der Waals surface area contributed by atoms with Gasteiger partial charge in [0.15, 0.2) is 7.28 Å². The molecule has 8 aromatic carbocycles. The van der Waals surface area contributed by atoms with E-state index in [1.807, 2.05) is 0 Å². The van der Waals surface area contributed by atoms with Crippen molar-refractivity contribution in [3.8, 4) is 16.8 Å². The van der Waals surface area contributed by atoms with Crippen LogP contribution in [0.3, 0.4) is 0 Å². The molecule has 0 saturated heterocycles. The summed E-state index contributed by atoms with van der Waals surface area (Å²) in [5.41, 5.74) is 20.6. The van der Waals surface area contributed by atoms with Crippen molar-refractivity contribution in [2.75, 3.05) is 10.2 Å². The highest BCUT2D eigenvalue weighted by atomic mass is 15.1. The van der Waals surface area contributed by atoms with Crippen LogP contribution in [0.2, 0.25) is 0 Å². The van der Waals surface area contributed by atoms with Crippen molar-refractivity contribution in [2.45, 2.75) is 103 Å². The van der Waals surface area contributed by atoms with Crippen molar-refractivity contribution in [3.05, 3.63) is 180 Å². The van der Waals surface area contributed by atoms with Gasteiger partial charge in [0.25, 0.3) is 0 Å². The Morgan fingerprint density at radius 2 is 1.03 bits per heavy atom. The van der Waals surface area contributed by atoms with Gasteiger partial charge in [0.1, 0.15) is 0 Å². The SMILES string of the molecule is CC1(C)CCC(C)(C)c2cc(Nc3ccc(N(c4ccccc4)c4ccccc4)cc3-c3c4c5c(c6ccccc36)c3ccccc3n5-c3cc5c(cc3[B]4)C(C)(C)CCC5(C)C)ccc21. The molecule has 325 valence electrons. The molecule has 3 nitrogen and oxygen atoms in total. The van der Waals surface area contributed by atoms with Crippen LogP contribution in [0.5, 0.6) is 0 Å². The molecule has 1 aliphatic heterocycles. The molecule has 2 heterocycles. The fraction of sp³-hybridized carbons (Fsp3) is 0.258. The lowest BCUT2D eigenvalue weighted by molar-refractivity contribution is 0.332. The van der Waals surface area contributed by atoms with Gasteiger partial charge in [0.05, 0.1) is 5.52 Å². The van der Waals surface area contributed by atoms with Gasteiger partial charge in [-0.05, 0) is 158 Å². The van der Waals surface area contributed by atoms with Gasteiger partial charge < -0.3 is 14.8 Å². The largest absolute Gasteiger partial charge is 0.355 e. The summed E-state index contributed by atoms with van der Waals surface area (Å²) in [6.45, 7) is 19.5. The highest BCUT2D eigenvalue weighted by molar-refractivity contribution is 6.74. The maximum Gasteiger partial charge on any atom is 0.197 e. The summed E-state index contributed by atoms with van der Waals surface area (Å²) in [6.07, 6.45) is 4.71. The van der Waals surface area contributed by atoms with E-state index in [0.29, 0.717) is 0 Å². The highest BCUT2D eigenvalue weighted by Crippen LogP contribution is 2.50. The average molecular weight is 857 g/mol. The summed E-state index contributed by atoms with van der Waals surface area (Å²) < 4.78 is 2.62. The van der Waals surface area contributed by atoms with Gasteiger partial charge in [0, 0.05) is 56.0 Å². The molecule has 0 spiro atoms. The fourth-order valence-corrected chi connectivity index (χ4v) is 12.1. The molecule has 0 bridgehead atoms. The molecular weight excluding hydrogens is 798 g/mol. The molecule has 0 atom stereocenters. The number of benzene rings is 8. The summed E-state index contributed by atoms with van der Waals surface area (Å²) in [5.74, 6) is 0. The molecule has 1 N–H and O–H groups in total. The molecule has 0 saturated carbocycles. The van der Waals surface area contributed by atoms with E-state index in [1.165, 1.54) is 108 Å². The van der Waals surface area contributed by atoms with E-state index < -0.39 is 0 Å². The van der Waals surface area contributed by atoms with Gasteiger partial charge in [-0.2, -0.15) is 0 Å². The Labute approximate surface area is 391 Å². The fourth-order valence-electron chi connectivity index (χ4n) is 12.1.